The van der Waals surface area contributed by atoms with Gasteiger partial charge in [-0.2, -0.15) is 0 Å². The highest BCUT2D eigenvalue weighted by Crippen LogP contribution is 2.22. The van der Waals surface area contributed by atoms with E-state index < -0.39 is 11.6 Å². The maximum absolute atomic E-state index is 13.7. The molecule has 128 valence electrons. The van der Waals surface area contributed by atoms with Crippen molar-refractivity contribution < 1.29 is 13.6 Å². The Morgan fingerprint density at radius 3 is 2.48 bits per heavy atom. The fraction of sp³-hybridized carbons (Fsp3) is 0.611. The summed E-state index contributed by atoms with van der Waals surface area (Å²) in [6.45, 7) is 3.42. The van der Waals surface area contributed by atoms with Crippen LogP contribution in [0.1, 0.15) is 44.6 Å². The number of nitrogens with one attached hydrogen (secondary N) is 1. The highest BCUT2D eigenvalue weighted by molar-refractivity contribution is 5.78. The number of nitrogens with zero attached hydrogens (tertiary/aromatic N) is 1. The van der Waals surface area contributed by atoms with Crippen LogP contribution < -0.4 is 5.32 Å². The van der Waals surface area contributed by atoms with Gasteiger partial charge in [0.25, 0.3) is 0 Å². The van der Waals surface area contributed by atoms with Crippen LogP contribution in [-0.2, 0) is 11.3 Å². The second-order valence-corrected chi connectivity index (χ2v) is 6.31. The van der Waals surface area contributed by atoms with E-state index in [4.69, 9.17) is 0 Å². The van der Waals surface area contributed by atoms with Crippen molar-refractivity contribution in [3.8, 4) is 0 Å². The van der Waals surface area contributed by atoms with Crippen LogP contribution in [-0.4, -0.2) is 30.4 Å². The molecule has 1 aromatic carbocycles. The van der Waals surface area contributed by atoms with E-state index in [9.17, 15) is 13.6 Å². The molecule has 1 aliphatic rings. The third kappa shape index (κ3) is 5.57. The zero-order valence-corrected chi connectivity index (χ0v) is 13.8. The second-order valence-electron chi connectivity index (χ2n) is 6.31. The predicted molar refractivity (Wildman–Crippen MR) is 86.9 cm³/mol. The monoisotopic (exact) mass is 324 g/mol. The maximum atomic E-state index is 13.7. The highest BCUT2D eigenvalue weighted by Gasteiger charge is 2.17. The van der Waals surface area contributed by atoms with Crippen molar-refractivity contribution in [1.82, 2.24) is 10.2 Å². The molecule has 0 atom stereocenters. The molecule has 1 N–H and O–H groups in total. The van der Waals surface area contributed by atoms with Crippen molar-refractivity contribution >= 4 is 5.91 Å². The zero-order valence-electron chi connectivity index (χ0n) is 13.8. The van der Waals surface area contributed by atoms with Gasteiger partial charge in [-0.1, -0.05) is 32.3 Å². The average molecular weight is 324 g/mol. The molecule has 0 saturated heterocycles. The molecule has 1 aromatic rings. The van der Waals surface area contributed by atoms with E-state index in [2.05, 4.69) is 5.32 Å². The molecule has 0 aliphatic heterocycles. The van der Waals surface area contributed by atoms with Gasteiger partial charge in [-0.25, -0.2) is 8.78 Å². The lowest BCUT2D eigenvalue weighted by Gasteiger charge is -2.24. The summed E-state index contributed by atoms with van der Waals surface area (Å²) in [5.41, 5.74) is 0.0226. The number of hydrogen-bond donors (Lipinski definition) is 1. The van der Waals surface area contributed by atoms with Crippen molar-refractivity contribution in [1.29, 1.82) is 0 Å². The van der Waals surface area contributed by atoms with Gasteiger partial charge in [-0.05, 0) is 37.4 Å². The zero-order chi connectivity index (χ0) is 16.7. The third-order valence-corrected chi connectivity index (χ3v) is 4.57. The standard InChI is InChI=1S/C18H26F2N2O/c1-2-22(12-15-16(19)9-6-10-17(15)20)13-18(23)21-11-14-7-4-3-5-8-14/h6,9-10,14H,2-5,7-8,11-13H2,1H3,(H,21,23). The normalized spacial score (nSPS) is 15.8. The van der Waals surface area contributed by atoms with Crippen LogP contribution in [0.2, 0.25) is 0 Å². The lowest BCUT2D eigenvalue weighted by atomic mass is 9.89. The summed E-state index contributed by atoms with van der Waals surface area (Å²) >= 11 is 0. The van der Waals surface area contributed by atoms with Gasteiger partial charge in [0, 0.05) is 18.7 Å². The molecule has 1 saturated carbocycles. The molecule has 1 amide bonds. The SMILES string of the molecule is CCN(CC(=O)NCC1CCCCC1)Cc1c(F)cccc1F. The highest BCUT2D eigenvalue weighted by atomic mass is 19.1. The Kier molecular flexibility index (Phi) is 6.96. The van der Waals surface area contributed by atoms with Gasteiger partial charge in [-0.3, -0.25) is 9.69 Å². The fourth-order valence-corrected chi connectivity index (χ4v) is 3.09. The third-order valence-electron chi connectivity index (χ3n) is 4.57. The minimum absolute atomic E-state index is 0.0226. The van der Waals surface area contributed by atoms with Crippen molar-refractivity contribution in [2.24, 2.45) is 5.92 Å². The van der Waals surface area contributed by atoms with Crippen molar-refractivity contribution in [2.45, 2.75) is 45.6 Å². The smallest absolute Gasteiger partial charge is 0.234 e. The fourth-order valence-electron chi connectivity index (χ4n) is 3.09. The van der Waals surface area contributed by atoms with E-state index in [1.165, 1.54) is 50.3 Å². The number of carbonyl (C=O) groups is 1. The van der Waals surface area contributed by atoms with Crippen LogP contribution in [0.3, 0.4) is 0 Å². The Hall–Kier alpha value is -1.49. The molecule has 23 heavy (non-hydrogen) atoms. The first kappa shape index (κ1) is 17.9. The first-order chi connectivity index (χ1) is 11.1. The summed E-state index contributed by atoms with van der Waals surface area (Å²) in [7, 11) is 0. The largest absolute Gasteiger partial charge is 0.355 e. The van der Waals surface area contributed by atoms with E-state index in [-0.39, 0.29) is 24.6 Å². The van der Waals surface area contributed by atoms with E-state index in [0.29, 0.717) is 19.0 Å². The van der Waals surface area contributed by atoms with Crippen LogP contribution in [0.5, 0.6) is 0 Å². The molecule has 1 fully saturated rings. The summed E-state index contributed by atoms with van der Waals surface area (Å²) in [5.74, 6) is -0.627. The molecule has 0 unspecified atom stereocenters. The predicted octanol–water partition coefficient (Wildman–Crippen LogP) is 3.48. The Bertz CT molecular complexity index is 495. The molecule has 3 nitrogen and oxygen atoms in total. The summed E-state index contributed by atoms with van der Waals surface area (Å²) in [6, 6.07) is 3.84. The molecule has 1 aliphatic carbocycles. The number of benzene rings is 1. The summed E-state index contributed by atoms with van der Waals surface area (Å²) in [5, 5.41) is 2.96. The Balaban J connectivity index is 1.82. The first-order valence-corrected chi connectivity index (χ1v) is 8.52. The van der Waals surface area contributed by atoms with Gasteiger partial charge in [0.1, 0.15) is 11.6 Å². The molecular formula is C18H26F2N2O. The number of carbonyl (C=O) groups excluding carboxylic acids is 1. The van der Waals surface area contributed by atoms with E-state index in [1.807, 2.05) is 6.92 Å². The van der Waals surface area contributed by atoms with Crippen molar-refractivity contribution in [3.63, 3.8) is 0 Å². The van der Waals surface area contributed by atoms with Gasteiger partial charge in [0.15, 0.2) is 0 Å². The Morgan fingerprint density at radius 1 is 1.22 bits per heavy atom. The Morgan fingerprint density at radius 2 is 1.87 bits per heavy atom. The number of halogens is 2. The van der Waals surface area contributed by atoms with Gasteiger partial charge >= 0.3 is 0 Å². The first-order valence-electron chi connectivity index (χ1n) is 8.52. The molecule has 0 aromatic heterocycles. The van der Waals surface area contributed by atoms with Crippen LogP contribution in [0.15, 0.2) is 18.2 Å². The summed E-state index contributed by atoms with van der Waals surface area (Å²) in [4.78, 5) is 13.8. The van der Waals surface area contributed by atoms with Gasteiger partial charge in [-0.15, -0.1) is 0 Å². The Labute approximate surface area is 137 Å². The molecule has 5 heteroatoms. The molecular weight excluding hydrogens is 298 g/mol. The van der Waals surface area contributed by atoms with Gasteiger partial charge < -0.3 is 5.32 Å². The topological polar surface area (TPSA) is 32.3 Å². The van der Waals surface area contributed by atoms with Crippen molar-refractivity contribution in [2.75, 3.05) is 19.6 Å². The minimum atomic E-state index is -0.564. The maximum Gasteiger partial charge on any atom is 0.234 e. The van der Waals surface area contributed by atoms with E-state index in [1.54, 1.807) is 4.90 Å². The quantitative estimate of drug-likeness (QED) is 0.833. The van der Waals surface area contributed by atoms with Crippen LogP contribution in [0.4, 0.5) is 8.78 Å². The van der Waals surface area contributed by atoms with Gasteiger partial charge in [0.2, 0.25) is 5.91 Å². The van der Waals surface area contributed by atoms with Crippen LogP contribution in [0, 0.1) is 17.6 Å². The molecule has 0 bridgehead atoms. The second kappa shape index (κ2) is 8.96. The minimum Gasteiger partial charge on any atom is -0.355 e. The molecule has 0 radical (unpaired) electrons. The van der Waals surface area contributed by atoms with Crippen molar-refractivity contribution in [3.05, 3.63) is 35.4 Å². The van der Waals surface area contributed by atoms with E-state index >= 15 is 0 Å². The molecule has 0 heterocycles. The summed E-state index contributed by atoms with van der Waals surface area (Å²) < 4.78 is 27.4. The number of hydrogen-bond acceptors (Lipinski definition) is 2. The van der Waals surface area contributed by atoms with E-state index in [0.717, 1.165) is 0 Å². The number of likely N-dealkylation sites (N-methyl/N-ethyl adjacent to an activating group) is 1. The van der Waals surface area contributed by atoms with Crippen LogP contribution >= 0.6 is 0 Å². The van der Waals surface area contributed by atoms with Gasteiger partial charge in [0.05, 0.1) is 6.54 Å². The average Bonchev–Trinajstić information content (AvgIpc) is 2.56. The lowest BCUT2D eigenvalue weighted by Crippen LogP contribution is -2.39. The lowest BCUT2D eigenvalue weighted by molar-refractivity contribution is -0.122. The van der Waals surface area contributed by atoms with Crippen LogP contribution in [0.25, 0.3) is 0 Å². The molecule has 2 rings (SSSR count). The molecule has 0 spiro atoms. The number of rotatable bonds is 7. The number of amides is 1. The summed E-state index contributed by atoms with van der Waals surface area (Å²) in [6.07, 6.45) is 6.14.